The van der Waals surface area contributed by atoms with Gasteiger partial charge in [0.2, 0.25) is 0 Å². The topological polar surface area (TPSA) is 73.3 Å². The number of aromatic nitrogens is 2. The number of nitrogens with one attached hydrogen (secondary N) is 1. The van der Waals surface area contributed by atoms with E-state index in [4.69, 9.17) is 9.47 Å². The number of ether oxygens (including phenoxy) is 2. The van der Waals surface area contributed by atoms with Crippen molar-refractivity contribution in [3.05, 3.63) is 89.0 Å². The van der Waals surface area contributed by atoms with E-state index in [-0.39, 0.29) is 23.6 Å². The van der Waals surface area contributed by atoms with Gasteiger partial charge >= 0.3 is 0 Å². The lowest BCUT2D eigenvalue weighted by molar-refractivity contribution is -0.0380. The fourth-order valence-corrected chi connectivity index (χ4v) is 3.42. The fraction of sp³-hybridized carbons (Fsp3) is 0.261. The maximum absolute atomic E-state index is 11.7. The molecule has 1 saturated heterocycles. The Morgan fingerprint density at radius 2 is 1.72 bits per heavy atom. The van der Waals surface area contributed by atoms with E-state index in [1.807, 2.05) is 12.1 Å². The molecule has 1 aliphatic heterocycles. The molecule has 0 radical (unpaired) electrons. The van der Waals surface area contributed by atoms with Crippen molar-refractivity contribution in [3.63, 3.8) is 0 Å². The van der Waals surface area contributed by atoms with Crippen molar-refractivity contribution < 1.29 is 14.3 Å². The van der Waals surface area contributed by atoms with Crippen LogP contribution in [0.4, 0.5) is 0 Å². The van der Waals surface area contributed by atoms with Crippen molar-refractivity contribution in [2.75, 3.05) is 20.3 Å². The third kappa shape index (κ3) is 3.84. The molecule has 2 aromatic carbocycles. The largest absolute Gasteiger partial charge is 0.487 e. The summed E-state index contributed by atoms with van der Waals surface area (Å²) >= 11 is 0. The van der Waals surface area contributed by atoms with Crippen LogP contribution in [0, 0.1) is 6.92 Å². The molecular formula is C23H23N3O3. The van der Waals surface area contributed by atoms with Crippen LogP contribution in [-0.2, 0) is 16.8 Å². The van der Waals surface area contributed by atoms with Crippen LogP contribution >= 0.6 is 0 Å². The first kappa shape index (κ1) is 19.1. The Labute approximate surface area is 169 Å². The van der Waals surface area contributed by atoms with Gasteiger partial charge in [0.1, 0.15) is 18.1 Å². The second kappa shape index (κ2) is 8.01. The van der Waals surface area contributed by atoms with Crippen LogP contribution in [0.15, 0.2) is 60.9 Å². The highest BCUT2D eigenvalue weighted by Crippen LogP contribution is 2.39. The number of aryl methyl sites for hydroxylation is 1. The Bertz CT molecular complexity index is 997. The maximum Gasteiger partial charge on any atom is 0.271 e. The SMILES string of the molecule is CNC(=O)c1cncc(COc2ccc(C3(c4ccc(C)cc4)COC3)cc2)n1. The summed E-state index contributed by atoms with van der Waals surface area (Å²) in [5.41, 5.74) is 4.49. The van der Waals surface area contributed by atoms with Crippen molar-refractivity contribution in [1.29, 1.82) is 0 Å². The van der Waals surface area contributed by atoms with Crippen molar-refractivity contribution in [3.8, 4) is 5.75 Å². The highest BCUT2D eigenvalue weighted by molar-refractivity contribution is 5.91. The molecule has 2 heterocycles. The molecule has 6 nitrogen and oxygen atoms in total. The zero-order valence-electron chi connectivity index (χ0n) is 16.5. The Kier molecular flexibility index (Phi) is 5.27. The number of hydrogen-bond acceptors (Lipinski definition) is 5. The predicted octanol–water partition coefficient (Wildman–Crippen LogP) is 3.04. The molecule has 1 N–H and O–H groups in total. The maximum atomic E-state index is 11.7. The van der Waals surface area contributed by atoms with E-state index in [1.54, 1.807) is 13.2 Å². The minimum Gasteiger partial charge on any atom is -0.487 e. The smallest absolute Gasteiger partial charge is 0.271 e. The molecule has 29 heavy (non-hydrogen) atoms. The minimum absolute atomic E-state index is 0.0977. The lowest BCUT2D eigenvalue weighted by atomic mass is 9.73. The molecule has 0 bridgehead atoms. The van der Waals surface area contributed by atoms with Crippen LogP contribution < -0.4 is 10.1 Å². The van der Waals surface area contributed by atoms with Crippen LogP contribution in [0.2, 0.25) is 0 Å². The zero-order chi connectivity index (χ0) is 20.3. The third-order valence-corrected chi connectivity index (χ3v) is 5.24. The zero-order valence-corrected chi connectivity index (χ0v) is 16.5. The van der Waals surface area contributed by atoms with Gasteiger partial charge < -0.3 is 14.8 Å². The van der Waals surface area contributed by atoms with Crippen LogP contribution in [0.25, 0.3) is 0 Å². The van der Waals surface area contributed by atoms with E-state index in [9.17, 15) is 4.79 Å². The number of rotatable bonds is 6. The molecule has 1 aliphatic rings. The van der Waals surface area contributed by atoms with Gasteiger partial charge in [0.05, 0.1) is 36.7 Å². The molecule has 3 aromatic rings. The highest BCUT2D eigenvalue weighted by Gasteiger charge is 2.41. The number of carbonyl (C=O) groups excluding carboxylic acids is 1. The molecule has 1 fully saturated rings. The van der Waals surface area contributed by atoms with Gasteiger partial charge in [-0.2, -0.15) is 0 Å². The van der Waals surface area contributed by atoms with Gasteiger partial charge in [0.25, 0.3) is 5.91 Å². The molecule has 4 rings (SSSR count). The summed E-state index contributed by atoms with van der Waals surface area (Å²) < 4.78 is 11.4. The molecule has 0 aliphatic carbocycles. The Morgan fingerprint density at radius 1 is 1.07 bits per heavy atom. The number of carbonyl (C=O) groups is 1. The van der Waals surface area contributed by atoms with E-state index in [2.05, 4.69) is 58.6 Å². The lowest BCUT2D eigenvalue weighted by Crippen LogP contribution is -2.47. The molecule has 148 valence electrons. The molecule has 6 heteroatoms. The summed E-state index contributed by atoms with van der Waals surface area (Å²) in [4.78, 5) is 20.0. The van der Waals surface area contributed by atoms with Crippen LogP contribution in [0.5, 0.6) is 5.75 Å². The number of hydrogen-bond donors (Lipinski definition) is 1. The van der Waals surface area contributed by atoms with Crippen molar-refractivity contribution in [1.82, 2.24) is 15.3 Å². The molecule has 0 unspecified atom stereocenters. The average molecular weight is 389 g/mol. The fourth-order valence-electron chi connectivity index (χ4n) is 3.42. The summed E-state index contributed by atoms with van der Waals surface area (Å²) in [6.07, 6.45) is 3.03. The first-order valence-electron chi connectivity index (χ1n) is 9.52. The van der Waals surface area contributed by atoms with Gasteiger partial charge in [-0.3, -0.25) is 9.78 Å². The molecule has 0 spiro atoms. The summed E-state index contributed by atoms with van der Waals surface area (Å²) in [5.74, 6) is 0.466. The van der Waals surface area contributed by atoms with E-state index < -0.39 is 0 Å². The van der Waals surface area contributed by atoms with E-state index in [0.29, 0.717) is 18.9 Å². The quantitative estimate of drug-likeness (QED) is 0.702. The predicted molar refractivity (Wildman–Crippen MR) is 109 cm³/mol. The Morgan fingerprint density at radius 3 is 2.31 bits per heavy atom. The van der Waals surface area contributed by atoms with E-state index >= 15 is 0 Å². The van der Waals surface area contributed by atoms with Gasteiger partial charge in [-0.05, 0) is 30.2 Å². The lowest BCUT2D eigenvalue weighted by Gasteiger charge is -2.42. The summed E-state index contributed by atoms with van der Waals surface area (Å²) in [7, 11) is 1.56. The molecular weight excluding hydrogens is 366 g/mol. The minimum atomic E-state index is -0.271. The number of nitrogens with zero attached hydrogens (tertiary/aromatic N) is 2. The van der Waals surface area contributed by atoms with Gasteiger partial charge in [-0.15, -0.1) is 0 Å². The standard InChI is InChI=1S/C23H23N3O3/c1-16-3-5-17(6-4-16)23(14-28-15-23)18-7-9-20(10-8-18)29-13-19-11-25-12-21(26-19)22(27)24-2/h3-12H,13-15H2,1-2H3,(H,24,27). The third-order valence-electron chi connectivity index (χ3n) is 5.24. The highest BCUT2D eigenvalue weighted by atomic mass is 16.5. The summed E-state index contributed by atoms with van der Waals surface area (Å²) in [6.45, 7) is 3.69. The second-order valence-corrected chi connectivity index (χ2v) is 7.23. The van der Waals surface area contributed by atoms with Crippen molar-refractivity contribution in [2.45, 2.75) is 18.9 Å². The molecule has 0 saturated carbocycles. The summed E-state index contributed by atoms with van der Waals surface area (Å²) in [6, 6.07) is 16.7. The normalized spacial score (nSPS) is 14.7. The molecule has 1 amide bonds. The first-order chi connectivity index (χ1) is 14.1. The van der Waals surface area contributed by atoms with Crippen molar-refractivity contribution >= 4 is 5.91 Å². The monoisotopic (exact) mass is 389 g/mol. The van der Waals surface area contributed by atoms with Crippen LogP contribution in [-0.4, -0.2) is 36.1 Å². The Balaban J connectivity index is 1.47. The van der Waals surface area contributed by atoms with E-state index in [1.165, 1.54) is 22.9 Å². The van der Waals surface area contributed by atoms with E-state index in [0.717, 1.165) is 5.75 Å². The first-order valence-corrected chi connectivity index (χ1v) is 9.52. The molecule has 0 atom stereocenters. The molecule has 1 aromatic heterocycles. The number of amides is 1. The summed E-state index contributed by atoms with van der Waals surface area (Å²) in [5, 5.41) is 2.54. The van der Waals surface area contributed by atoms with Crippen LogP contribution in [0.1, 0.15) is 32.9 Å². The average Bonchev–Trinajstić information content (AvgIpc) is 2.73. The van der Waals surface area contributed by atoms with Crippen LogP contribution in [0.3, 0.4) is 0 Å². The van der Waals surface area contributed by atoms with Gasteiger partial charge in [-0.1, -0.05) is 42.0 Å². The van der Waals surface area contributed by atoms with Gasteiger partial charge in [0, 0.05) is 7.05 Å². The Hall–Kier alpha value is -3.25. The second-order valence-electron chi connectivity index (χ2n) is 7.23. The van der Waals surface area contributed by atoms with Crippen molar-refractivity contribution in [2.24, 2.45) is 0 Å². The number of benzene rings is 2. The van der Waals surface area contributed by atoms with Gasteiger partial charge in [0.15, 0.2) is 0 Å². The van der Waals surface area contributed by atoms with Gasteiger partial charge in [-0.25, -0.2) is 4.98 Å².